The van der Waals surface area contributed by atoms with Crippen molar-refractivity contribution in [1.29, 1.82) is 0 Å². The lowest BCUT2D eigenvalue weighted by atomic mass is 10.1. The van der Waals surface area contributed by atoms with Crippen molar-refractivity contribution in [2.75, 3.05) is 19.6 Å². The quantitative estimate of drug-likeness (QED) is 0.633. The maximum atomic E-state index is 12.9. The lowest BCUT2D eigenvalue weighted by Crippen LogP contribution is -2.47. The van der Waals surface area contributed by atoms with Crippen LogP contribution in [0.5, 0.6) is 0 Å². The van der Waals surface area contributed by atoms with E-state index in [0.717, 1.165) is 6.42 Å². The van der Waals surface area contributed by atoms with E-state index in [0.29, 0.717) is 29.9 Å². The summed E-state index contributed by atoms with van der Waals surface area (Å²) in [5.74, 6) is -0.511. The molecule has 0 saturated carbocycles. The van der Waals surface area contributed by atoms with Gasteiger partial charge in [-0.1, -0.05) is 24.3 Å². The first-order valence-corrected chi connectivity index (χ1v) is 11.8. The van der Waals surface area contributed by atoms with Crippen LogP contribution in [-0.2, 0) is 26.0 Å². The van der Waals surface area contributed by atoms with E-state index < -0.39 is 16.1 Å². The first kappa shape index (κ1) is 21.9. The van der Waals surface area contributed by atoms with Crippen molar-refractivity contribution < 1.29 is 22.4 Å². The number of rotatable bonds is 6. The summed E-state index contributed by atoms with van der Waals surface area (Å²) in [5.41, 5.74) is 1.21. The van der Waals surface area contributed by atoms with E-state index in [1.54, 1.807) is 35.2 Å². The molecule has 10 heteroatoms. The zero-order valence-electron chi connectivity index (χ0n) is 17.3. The average Bonchev–Trinajstić information content (AvgIpc) is 3.36. The number of likely N-dealkylation sites (tertiary alicyclic amines) is 1. The lowest BCUT2D eigenvalue weighted by molar-refractivity contribution is -0.125. The Balaban J connectivity index is 1.30. The van der Waals surface area contributed by atoms with Crippen LogP contribution < -0.4 is 10.6 Å². The van der Waals surface area contributed by atoms with Gasteiger partial charge in [0, 0.05) is 25.2 Å². The van der Waals surface area contributed by atoms with Gasteiger partial charge in [-0.25, -0.2) is 4.39 Å². The minimum Gasteiger partial charge on any atom is -0.354 e. The van der Waals surface area contributed by atoms with E-state index in [-0.39, 0.29) is 42.0 Å². The van der Waals surface area contributed by atoms with Gasteiger partial charge in [0.2, 0.25) is 11.8 Å². The summed E-state index contributed by atoms with van der Waals surface area (Å²) >= 11 is 0. The van der Waals surface area contributed by atoms with Gasteiger partial charge < -0.3 is 15.5 Å². The molecule has 1 saturated heterocycles. The summed E-state index contributed by atoms with van der Waals surface area (Å²) in [6.07, 6.45) is 1.45. The molecule has 0 bridgehead atoms. The molecule has 32 heavy (non-hydrogen) atoms. The highest BCUT2D eigenvalue weighted by Gasteiger charge is 2.39. The number of benzene rings is 2. The maximum absolute atomic E-state index is 12.9. The van der Waals surface area contributed by atoms with Gasteiger partial charge in [0.25, 0.3) is 10.0 Å². The largest absolute Gasteiger partial charge is 0.354 e. The van der Waals surface area contributed by atoms with Crippen molar-refractivity contribution in [2.45, 2.75) is 30.2 Å². The second kappa shape index (κ2) is 9.07. The molecule has 0 radical (unpaired) electrons. The number of sulfonamides is 1. The van der Waals surface area contributed by atoms with Gasteiger partial charge in [-0.15, -0.1) is 4.40 Å². The third-order valence-corrected chi connectivity index (χ3v) is 6.79. The van der Waals surface area contributed by atoms with E-state index >= 15 is 0 Å². The van der Waals surface area contributed by atoms with E-state index in [2.05, 4.69) is 15.0 Å². The number of nitrogens with one attached hydrogen (secondary N) is 2. The van der Waals surface area contributed by atoms with Crippen LogP contribution in [0.1, 0.15) is 24.0 Å². The Bertz CT molecular complexity index is 1160. The predicted octanol–water partition coefficient (Wildman–Crippen LogP) is 1.21. The van der Waals surface area contributed by atoms with Crippen LogP contribution in [-0.4, -0.2) is 56.6 Å². The Morgan fingerprint density at radius 1 is 1.06 bits per heavy atom. The molecule has 2 heterocycles. The van der Waals surface area contributed by atoms with Gasteiger partial charge in [0.15, 0.2) is 5.84 Å². The molecule has 168 valence electrons. The number of fused-ring (bicyclic) bond motifs is 1. The minimum absolute atomic E-state index is 0.123. The fourth-order valence-corrected chi connectivity index (χ4v) is 5.16. The number of amides is 2. The fraction of sp³-hybridized carbons (Fsp3) is 0.318. The third kappa shape index (κ3) is 4.64. The van der Waals surface area contributed by atoms with Gasteiger partial charge in [0.1, 0.15) is 16.8 Å². The maximum Gasteiger partial charge on any atom is 0.285 e. The molecule has 0 aliphatic carbocycles. The fourth-order valence-electron chi connectivity index (χ4n) is 3.94. The minimum atomic E-state index is -3.75. The molecule has 2 aromatic carbocycles. The van der Waals surface area contributed by atoms with E-state index in [4.69, 9.17) is 0 Å². The van der Waals surface area contributed by atoms with Crippen molar-refractivity contribution in [1.82, 2.24) is 15.5 Å². The molecule has 2 aliphatic heterocycles. The van der Waals surface area contributed by atoms with Crippen LogP contribution >= 0.6 is 0 Å². The van der Waals surface area contributed by atoms with Crippen molar-refractivity contribution >= 4 is 27.7 Å². The zero-order valence-corrected chi connectivity index (χ0v) is 18.1. The lowest BCUT2D eigenvalue weighted by Gasteiger charge is -2.25. The third-order valence-electron chi connectivity index (χ3n) is 5.46. The molecule has 0 aromatic heterocycles. The summed E-state index contributed by atoms with van der Waals surface area (Å²) in [7, 11) is -3.75. The smallest absolute Gasteiger partial charge is 0.285 e. The molecule has 0 spiro atoms. The monoisotopic (exact) mass is 458 g/mol. The Morgan fingerprint density at radius 2 is 1.78 bits per heavy atom. The molecule has 4 rings (SSSR count). The van der Waals surface area contributed by atoms with Crippen LogP contribution in [0.2, 0.25) is 0 Å². The molecular formula is C22H23FN4O4S. The van der Waals surface area contributed by atoms with E-state index in [1.807, 2.05) is 0 Å². The highest BCUT2D eigenvalue weighted by Crippen LogP contribution is 2.31. The molecule has 0 unspecified atom stereocenters. The number of carbonyl (C=O) groups excluding carboxylic acids is 2. The Morgan fingerprint density at radius 3 is 2.56 bits per heavy atom. The van der Waals surface area contributed by atoms with Gasteiger partial charge in [-0.2, -0.15) is 8.42 Å². The van der Waals surface area contributed by atoms with Crippen LogP contribution in [0.25, 0.3) is 0 Å². The SMILES string of the molecule is O=C(Cc1ccc(F)cc1)NCCNC(=O)[C@@H]1CCCN1C1=NS(=O)(=O)c2ccccc21. The molecule has 2 aromatic rings. The highest BCUT2D eigenvalue weighted by molar-refractivity contribution is 7.90. The molecule has 1 fully saturated rings. The normalized spacial score (nSPS) is 18.7. The number of nitrogens with zero attached hydrogens (tertiary/aromatic N) is 2. The summed E-state index contributed by atoms with van der Waals surface area (Å²) in [4.78, 5) is 26.7. The van der Waals surface area contributed by atoms with Crippen LogP contribution in [0.4, 0.5) is 4.39 Å². The number of hydrogen-bond donors (Lipinski definition) is 2. The van der Waals surface area contributed by atoms with Crippen molar-refractivity contribution in [3.63, 3.8) is 0 Å². The van der Waals surface area contributed by atoms with Crippen molar-refractivity contribution in [3.05, 3.63) is 65.5 Å². The topological polar surface area (TPSA) is 108 Å². The standard InChI is InChI=1S/C22H23FN4O4S/c23-16-9-7-15(8-10-16)14-20(28)24-11-12-25-22(29)18-5-3-13-27(18)21-17-4-1-2-6-19(17)32(30,31)26-21/h1-2,4,6-10,18H,3,5,11-14H2,(H,24,28)(H,25,29)/t18-/m0/s1. The number of carbonyl (C=O) groups is 2. The predicted molar refractivity (Wildman–Crippen MR) is 116 cm³/mol. The first-order chi connectivity index (χ1) is 15.3. The van der Waals surface area contributed by atoms with Crippen LogP contribution in [0.3, 0.4) is 0 Å². The summed E-state index contributed by atoms with van der Waals surface area (Å²) in [5, 5.41) is 5.52. The highest BCUT2D eigenvalue weighted by atomic mass is 32.2. The van der Waals surface area contributed by atoms with Gasteiger partial charge in [0.05, 0.1) is 6.42 Å². The molecular weight excluding hydrogens is 435 g/mol. The van der Waals surface area contributed by atoms with Crippen LogP contribution in [0.15, 0.2) is 57.8 Å². The Hall–Kier alpha value is -3.27. The number of halogens is 1. The summed E-state index contributed by atoms with van der Waals surface area (Å²) in [6.45, 7) is 1.02. The Labute approximate surface area is 185 Å². The first-order valence-electron chi connectivity index (χ1n) is 10.3. The molecule has 2 N–H and O–H groups in total. The summed E-state index contributed by atoms with van der Waals surface area (Å²) < 4.78 is 41.5. The van der Waals surface area contributed by atoms with E-state index in [1.165, 1.54) is 18.2 Å². The van der Waals surface area contributed by atoms with Crippen LogP contribution in [0, 0.1) is 5.82 Å². The second-order valence-corrected chi connectivity index (χ2v) is 9.25. The number of hydrogen-bond acceptors (Lipinski definition) is 5. The molecule has 2 amide bonds. The molecule has 1 atom stereocenters. The second-order valence-electron chi connectivity index (χ2n) is 7.68. The van der Waals surface area contributed by atoms with Crippen molar-refractivity contribution in [3.8, 4) is 0 Å². The zero-order chi connectivity index (χ0) is 22.7. The number of amidine groups is 1. The van der Waals surface area contributed by atoms with Gasteiger partial charge in [-0.05, 0) is 42.7 Å². The van der Waals surface area contributed by atoms with E-state index in [9.17, 15) is 22.4 Å². The molecule has 8 nitrogen and oxygen atoms in total. The van der Waals surface area contributed by atoms with Gasteiger partial charge in [-0.3, -0.25) is 9.59 Å². The Kier molecular flexibility index (Phi) is 6.22. The van der Waals surface area contributed by atoms with Crippen molar-refractivity contribution in [2.24, 2.45) is 4.40 Å². The summed E-state index contributed by atoms with van der Waals surface area (Å²) in [6, 6.07) is 11.8. The van der Waals surface area contributed by atoms with Gasteiger partial charge >= 0.3 is 0 Å². The average molecular weight is 459 g/mol. The molecule has 2 aliphatic rings.